The molecule has 2 aliphatic heterocycles. The van der Waals surface area contributed by atoms with E-state index in [1.165, 1.54) is 11.1 Å². The maximum Gasteiger partial charge on any atom is 0.254 e. The van der Waals surface area contributed by atoms with Gasteiger partial charge in [-0.15, -0.1) is 0 Å². The molecule has 2 fully saturated rings. The third-order valence-electron chi connectivity index (χ3n) is 8.99. The van der Waals surface area contributed by atoms with Crippen molar-refractivity contribution < 1.29 is 9.00 Å². The second-order valence-electron chi connectivity index (χ2n) is 11.9. The summed E-state index contributed by atoms with van der Waals surface area (Å²) in [4.78, 5) is 20.7. The van der Waals surface area contributed by atoms with Crippen molar-refractivity contribution in [3.8, 4) is 6.07 Å². The van der Waals surface area contributed by atoms with E-state index in [1.54, 1.807) is 6.07 Å². The molecule has 2 aliphatic rings. The van der Waals surface area contributed by atoms with Crippen molar-refractivity contribution in [2.45, 2.75) is 38.5 Å². The Morgan fingerprint density at radius 3 is 2.31 bits per heavy atom. The van der Waals surface area contributed by atoms with Gasteiger partial charge in [-0.25, -0.2) is 4.21 Å². The number of anilines is 2. The highest BCUT2D eigenvalue weighted by atomic mass is 32.2. The fraction of sp³-hybridized carbons (Fsp3) is 0.382. The summed E-state index contributed by atoms with van der Waals surface area (Å²) in [5.74, 6) is 4.71. The van der Waals surface area contributed by atoms with Gasteiger partial charge in [0.2, 0.25) is 0 Å². The number of nitriles is 1. The van der Waals surface area contributed by atoms with Gasteiger partial charge in [0.25, 0.3) is 5.91 Å². The Hall–Kier alpha value is -3.80. The molecule has 0 aromatic heterocycles. The summed E-state index contributed by atoms with van der Waals surface area (Å²) < 4.78 is 12.5. The number of hydrogen-bond donors (Lipinski definition) is 1. The maximum absolute atomic E-state index is 13.8. The number of carbonyl (C=O) groups excluding carboxylic acids is 1. The van der Waals surface area contributed by atoms with Crippen molar-refractivity contribution in [3.05, 3.63) is 88.5 Å². The first-order valence-electron chi connectivity index (χ1n) is 14.7. The van der Waals surface area contributed by atoms with Crippen LogP contribution in [0, 0.1) is 37.0 Å². The van der Waals surface area contributed by atoms with Crippen LogP contribution in [0.25, 0.3) is 0 Å². The number of benzene rings is 3. The monoisotopic (exact) mass is 583 g/mol. The van der Waals surface area contributed by atoms with Gasteiger partial charge < -0.3 is 14.7 Å². The molecule has 3 aromatic carbocycles. The molecular weight excluding hydrogens is 542 g/mol. The van der Waals surface area contributed by atoms with Gasteiger partial charge in [-0.2, -0.15) is 5.26 Å². The van der Waals surface area contributed by atoms with Gasteiger partial charge >= 0.3 is 0 Å². The number of rotatable bonds is 6. The standard InChI is InChI=1S/C34H41N5O2S/c1-24-19-25(2)30(34(40)38-17-15-37(16-18-38)32-11-7-8-12-33(32)42(4,36)41)21-29(24)20-27-13-14-39(23-26(27)3)31-10-6-5-9-28(31)22-35/h5-12,19,21,26-27H,4,13-18,20,23H2,1-3H3,(H2,36,41)/t26-,27-,42?/m0/s1. The maximum atomic E-state index is 13.8. The summed E-state index contributed by atoms with van der Waals surface area (Å²) in [6.07, 6.45) is 1.98. The highest BCUT2D eigenvalue weighted by Gasteiger charge is 2.29. The van der Waals surface area contributed by atoms with Crippen molar-refractivity contribution in [1.82, 2.24) is 4.90 Å². The molecule has 2 N–H and O–H groups in total. The van der Waals surface area contributed by atoms with E-state index >= 15 is 0 Å². The Morgan fingerprint density at radius 2 is 1.64 bits per heavy atom. The summed E-state index contributed by atoms with van der Waals surface area (Å²) in [5.41, 5.74) is 6.84. The normalized spacial score (nSPS) is 20.6. The SMILES string of the molecule is C=S(N)(=O)c1ccccc1N1CCN(C(=O)c2cc(C[C@@H]3CCN(c4ccccc4C#N)C[C@@H]3C)c(C)cc2C)CC1. The van der Waals surface area contributed by atoms with Gasteiger partial charge in [-0.1, -0.05) is 37.3 Å². The molecule has 0 radical (unpaired) electrons. The summed E-state index contributed by atoms with van der Waals surface area (Å²) in [5, 5.41) is 15.4. The van der Waals surface area contributed by atoms with E-state index in [-0.39, 0.29) is 5.91 Å². The molecule has 3 atom stereocenters. The van der Waals surface area contributed by atoms with Gasteiger partial charge in [0.05, 0.1) is 31.5 Å². The van der Waals surface area contributed by atoms with Crippen molar-refractivity contribution in [1.29, 1.82) is 5.26 Å². The van der Waals surface area contributed by atoms with Crippen LogP contribution in [-0.2, 0) is 16.1 Å². The number of nitrogens with zero attached hydrogens (tertiary/aromatic N) is 4. The molecule has 0 saturated carbocycles. The Labute approximate surface area is 250 Å². The molecule has 7 nitrogen and oxygen atoms in total. The van der Waals surface area contributed by atoms with Gasteiger partial charge in [-0.05, 0) is 91.4 Å². The lowest BCUT2D eigenvalue weighted by atomic mass is 9.80. The third-order valence-corrected chi connectivity index (χ3v) is 10.1. The minimum atomic E-state index is -2.84. The molecule has 3 aromatic rings. The molecule has 42 heavy (non-hydrogen) atoms. The zero-order valence-corrected chi connectivity index (χ0v) is 25.7. The lowest BCUT2D eigenvalue weighted by Gasteiger charge is -2.39. The lowest BCUT2D eigenvalue weighted by molar-refractivity contribution is 0.0745. The van der Waals surface area contributed by atoms with E-state index in [1.807, 2.05) is 54.3 Å². The topological polar surface area (TPSA) is 93.7 Å². The van der Waals surface area contributed by atoms with Crippen LogP contribution in [-0.4, -0.2) is 60.2 Å². The zero-order chi connectivity index (χ0) is 30.0. The van der Waals surface area contributed by atoms with E-state index < -0.39 is 9.71 Å². The number of aryl methyl sites for hydroxylation is 2. The number of amides is 1. The molecule has 220 valence electrons. The van der Waals surface area contributed by atoms with Crippen LogP contribution in [0.5, 0.6) is 0 Å². The number of hydrogen-bond acceptors (Lipinski definition) is 5. The number of piperazine rings is 1. The van der Waals surface area contributed by atoms with Gasteiger partial charge in [0.1, 0.15) is 6.07 Å². The predicted molar refractivity (Wildman–Crippen MR) is 173 cm³/mol. The van der Waals surface area contributed by atoms with E-state index in [0.717, 1.165) is 54.0 Å². The smallest absolute Gasteiger partial charge is 0.254 e. The molecule has 5 rings (SSSR count). The molecule has 1 amide bonds. The Morgan fingerprint density at radius 1 is 0.976 bits per heavy atom. The Kier molecular flexibility index (Phi) is 8.63. The number of carbonyl (C=O) groups is 1. The average Bonchev–Trinajstić information content (AvgIpc) is 2.98. The fourth-order valence-corrected chi connectivity index (χ4v) is 7.38. The second kappa shape index (κ2) is 12.2. The van der Waals surface area contributed by atoms with E-state index in [0.29, 0.717) is 42.9 Å². The molecule has 1 unspecified atom stereocenters. The highest BCUT2D eigenvalue weighted by molar-refractivity contribution is 7.98. The van der Waals surface area contributed by atoms with Crippen LogP contribution in [0.15, 0.2) is 65.6 Å². The van der Waals surface area contributed by atoms with Crippen molar-refractivity contribution in [2.24, 2.45) is 17.0 Å². The third kappa shape index (κ3) is 6.18. The molecular formula is C34H41N5O2S. The molecule has 8 heteroatoms. The number of nitrogens with two attached hydrogens (primary N) is 1. The minimum absolute atomic E-state index is 0.0671. The van der Waals surface area contributed by atoms with Crippen molar-refractivity contribution in [2.75, 3.05) is 49.1 Å². The Balaban J connectivity index is 1.26. The fourth-order valence-electron chi connectivity index (χ4n) is 6.52. The van der Waals surface area contributed by atoms with E-state index in [2.05, 4.69) is 47.7 Å². The summed E-state index contributed by atoms with van der Waals surface area (Å²) in [7, 11) is -2.84. The van der Waals surface area contributed by atoms with Gasteiger partial charge in [0.15, 0.2) is 0 Å². The highest BCUT2D eigenvalue weighted by Crippen LogP contribution is 2.33. The zero-order valence-electron chi connectivity index (χ0n) is 24.9. The predicted octanol–water partition coefficient (Wildman–Crippen LogP) is 4.79. The van der Waals surface area contributed by atoms with Crippen LogP contribution in [0.4, 0.5) is 11.4 Å². The van der Waals surface area contributed by atoms with Crippen LogP contribution in [0.1, 0.15) is 46.0 Å². The molecule has 2 heterocycles. The minimum Gasteiger partial charge on any atom is -0.370 e. The van der Waals surface area contributed by atoms with Gasteiger partial charge in [-0.3, -0.25) is 9.93 Å². The molecule has 0 aliphatic carbocycles. The summed E-state index contributed by atoms with van der Waals surface area (Å²) >= 11 is 0. The summed E-state index contributed by atoms with van der Waals surface area (Å²) in [6.45, 7) is 10.8. The first-order chi connectivity index (χ1) is 20.1. The molecule has 0 spiro atoms. The quantitative estimate of drug-likeness (QED) is 0.421. The lowest BCUT2D eigenvalue weighted by Crippen LogP contribution is -2.49. The second-order valence-corrected chi connectivity index (χ2v) is 13.8. The summed E-state index contributed by atoms with van der Waals surface area (Å²) in [6, 6.07) is 21.9. The molecule has 2 saturated heterocycles. The average molecular weight is 584 g/mol. The van der Waals surface area contributed by atoms with E-state index in [4.69, 9.17) is 5.14 Å². The van der Waals surface area contributed by atoms with Crippen LogP contribution in [0.2, 0.25) is 0 Å². The van der Waals surface area contributed by atoms with Crippen molar-refractivity contribution >= 4 is 32.9 Å². The van der Waals surface area contributed by atoms with Gasteiger partial charge in [0, 0.05) is 44.8 Å². The Bertz CT molecular complexity index is 1620. The van der Waals surface area contributed by atoms with Crippen LogP contribution < -0.4 is 14.9 Å². The van der Waals surface area contributed by atoms with Crippen LogP contribution in [0.3, 0.4) is 0 Å². The number of para-hydroxylation sites is 2. The largest absolute Gasteiger partial charge is 0.370 e. The molecule has 0 bridgehead atoms. The van der Waals surface area contributed by atoms with Crippen LogP contribution >= 0.6 is 0 Å². The number of piperidine rings is 1. The first-order valence-corrected chi connectivity index (χ1v) is 16.5. The van der Waals surface area contributed by atoms with E-state index in [9.17, 15) is 14.3 Å². The first kappa shape index (κ1) is 29.7. The van der Waals surface area contributed by atoms with Crippen molar-refractivity contribution in [3.63, 3.8) is 0 Å².